The zero-order chi connectivity index (χ0) is 19.9. The summed E-state index contributed by atoms with van der Waals surface area (Å²) in [6.07, 6.45) is 0. The van der Waals surface area contributed by atoms with Crippen molar-refractivity contribution in [3.8, 4) is 0 Å². The fourth-order valence-corrected chi connectivity index (χ4v) is 2.66. The molecule has 0 spiro atoms. The van der Waals surface area contributed by atoms with E-state index in [4.69, 9.17) is 25.4 Å². The van der Waals surface area contributed by atoms with Crippen LogP contribution in [0, 0.1) is 0 Å². The fourth-order valence-electron chi connectivity index (χ4n) is 1.32. The average Bonchev–Trinajstić information content (AvgIpc) is 3.33. The van der Waals surface area contributed by atoms with E-state index in [1.165, 1.54) is 0 Å². The van der Waals surface area contributed by atoms with E-state index >= 15 is 0 Å². The topological polar surface area (TPSA) is 159 Å². The first-order valence-electron chi connectivity index (χ1n) is 6.79. The van der Waals surface area contributed by atoms with Crippen LogP contribution in [0.3, 0.4) is 0 Å². The molecule has 0 bridgehead atoms. The van der Waals surface area contributed by atoms with Crippen LogP contribution in [-0.2, 0) is 21.0 Å². The van der Waals surface area contributed by atoms with Crippen LogP contribution in [0.1, 0.15) is 23.6 Å². The second kappa shape index (κ2) is 16.2. The third-order valence-corrected chi connectivity index (χ3v) is 4.32. The Kier molecular flexibility index (Phi) is 16.3. The summed E-state index contributed by atoms with van der Waals surface area (Å²) in [6, 6.07) is 6.65. The predicted octanol–water partition coefficient (Wildman–Crippen LogP) is 2.99. The van der Waals surface area contributed by atoms with Crippen molar-refractivity contribution in [3.63, 3.8) is 0 Å². The van der Waals surface area contributed by atoms with Crippen LogP contribution in [0.4, 0.5) is 0 Å². The van der Waals surface area contributed by atoms with Crippen molar-refractivity contribution in [1.29, 1.82) is 0 Å². The van der Waals surface area contributed by atoms with Crippen LogP contribution < -0.4 is 11.5 Å². The number of nitrogens with zero attached hydrogens (tertiary/aromatic N) is 4. The molecule has 13 heteroatoms. The molecule has 2 aromatic heterocycles. The van der Waals surface area contributed by atoms with Crippen molar-refractivity contribution in [2.75, 3.05) is 0 Å². The van der Waals surface area contributed by atoms with Gasteiger partial charge in [-0.25, -0.2) is 0 Å². The van der Waals surface area contributed by atoms with Gasteiger partial charge in [0.15, 0.2) is 0 Å². The quantitative estimate of drug-likeness (QED) is 0.307. The van der Waals surface area contributed by atoms with Crippen LogP contribution in [-0.4, -0.2) is 33.7 Å². The Bertz CT molecular complexity index is 692. The molecule has 0 aliphatic rings. The van der Waals surface area contributed by atoms with E-state index in [1.54, 1.807) is 36.5 Å². The summed E-state index contributed by atoms with van der Waals surface area (Å²) in [5, 5.41) is 35.0. The number of aliphatic hydroxyl groups excluding tert-OH is 2. The molecule has 0 unspecified atom stereocenters. The molecule has 6 N–H and O–H groups in total. The molecule has 27 heavy (non-hydrogen) atoms. The van der Waals surface area contributed by atoms with E-state index < -0.39 is 12.0 Å². The summed E-state index contributed by atoms with van der Waals surface area (Å²) < 4.78 is 8.19. The predicted molar refractivity (Wildman–Crippen MR) is 109 cm³/mol. The second-order valence-corrected chi connectivity index (χ2v) is 6.14. The Balaban J connectivity index is 0. The molecule has 2 rings (SSSR count). The summed E-state index contributed by atoms with van der Waals surface area (Å²) in [5.41, 5.74) is 11.3. The zero-order valence-corrected chi connectivity index (χ0v) is 18.2. The van der Waals surface area contributed by atoms with E-state index in [0.29, 0.717) is 0 Å². The van der Waals surface area contributed by atoms with E-state index in [2.05, 4.69) is 20.4 Å². The van der Waals surface area contributed by atoms with Gasteiger partial charge >= 0.3 is 33.1 Å². The van der Waals surface area contributed by atoms with Gasteiger partial charge in [-0.15, -0.1) is 45.3 Å². The number of hydrogen-bond acceptors (Lipinski definition) is 7. The number of thiophene rings is 2. The second-order valence-electron chi connectivity index (χ2n) is 4.24. The molecule has 0 aromatic carbocycles. The molecule has 147 valence electrons. The Morgan fingerprint density at radius 2 is 1.19 bits per heavy atom. The minimum absolute atomic E-state index is 0. The third-order valence-electron chi connectivity index (χ3n) is 2.36. The van der Waals surface area contributed by atoms with Crippen LogP contribution >= 0.6 is 35.1 Å². The summed E-state index contributed by atoms with van der Waals surface area (Å²) >= 11 is 4.18. The first kappa shape index (κ1) is 27.2. The maximum atomic E-state index is 8.52. The molecule has 0 aliphatic heterocycles. The van der Waals surface area contributed by atoms with Gasteiger partial charge < -0.3 is 21.7 Å². The van der Waals surface area contributed by atoms with Crippen molar-refractivity contribution in [2.24, 2.45) is 31.9 Å². The third kappa shape index (κ3) is 12.9. The van der Waals surface area contributed by atoms with Gasteiger partial charge in [0.25, 0.3) is 0 Å². The number of aliphatic hydroxyl groups is 2. The summed E-state index contributed by atoms with van der Waals surface area (Å²) in [5.74, 6) is 0. The average molecular weight is 470 g/mol. The molecular weight excluding hydrogens is 451 g/mol. The summed E-state index contributed by atoms with van der Waals surface area (Å²) in [6.45, 7) is 3.61. The summed E-state index contributed by atoms with van der Waals surface area (Å²) in [4.78, 5) is 2.03. The fraction of sp³-hybridized carbons (Fsp3) is 0.143. The number of amidine groups is 2. The summed E-state index contributed by atoms with van der Waals surface area (Å²) in [7, 11) is 0. The SMILES string of the molecule is C/C(=N/N=C(/N)O)c1cccs1.C/C(=N/N=C(/N)O)c1cccs1.Cl.[O]=[V]. The van der Waals surface area contributed by atoms with Gasteiger partial charge in [-0.1, -0.05) is 22.3 Å². The van der Waals surface area contributed by atoms with Gasteiger partial charge in [0.05, 0.1) is 21.2 Å². The zero-order valence-electron chi connectivity index (χ0n) is 14.4. The number of hydrogen-bond donors (Lipinski definition) is 4. The molecule has 0 fully saturated rings. The number of nitrogens with two attached hydrogens (primary N) is 2. The van der Waals surface area contributed by atoms with Crippen LogP contribution in [0.2, 0.25) is 0 Å². The van der Waals surface area contributed by atoms with Crippen molar-refractivity contribution >= 4 is 58.5 Å². The Morgan fingerprint density at radius 1 is 0.852 bits per heavy atom. The molecule has 0 radical (unpaired) electrons. The van der Waals surface area contributed by atoms with Gasteiger partial charge in [0.2, 0.25) is 0 Å². The molecular formula is C14H19ClN6O3S2V. The van der Waals surface area contributed by atoms with Crippen LogP contribution in [0.25, 0.3) is 0 Å². The van der Waals surface area contributed by atoms with Gasteiger partial charge in [0.1, 0.15) is 0 Å². The minimum atomic E-state index is -0.522. The van der Waals surface area contributed by atoms with E-state index in [0.717, 1.165) is 38.5 Å². The van der Waals surface area contributed by atoms with Crippen molar-refractivity contribution in [2.45, 2.75) is 13.8 Å². The Labute approximate surface area is 179 Å². The van der Waals surface area contributed by atoms with Crippen LogP contribution in [0.15, 0.2) is 55.4 Å². The van der Waals surface area contributed by atoms with Crippen LogP contribution in [0.5, 0.6) is 0 Å². The van der Waals surface area contributed by atoms with Gasteiger partial charge in [-0.3, -0.25) is 0 Å². The first-order valence-corrected chi connectivity index (χ1v) is 9.12. The van der Waals surface area contributed by atoms with Crippen molar-refractivity contribution in [3.05, 3.63) is 44.8 Å². The number of halogens is 1. The van der Waals surface area contributed by atoms with E-state index in [1.807, 2.05) is 35.0 Å². The van der Waals surface area contributed by atoms with Crippen molar-refractivity contribution < 1.29 is 31.3 Å². The van der Waals surface area contributed by atoms with E-state index in [9.17, 15) is 0 Å². The van der Waals surface area contributed by atoms with Gasteiger partial charge in [-0.2, -0.15) is 0 Å². The molecule has 9 nitrogen and oxygen atoms in total. The molecule has 0 saturated carbocycles. The molecule has 0 saturated heterocycles. The van der Waals surface area contributed by atoms with Crippen molar-refractivity contribution in [1.82, 2.24) is 0 Å². The maximum absolute atomic E-state index is 8.52. The molecule has 0 aliphatic carbocycles. The van der Waals surface area contributed by atoms with Gasteiger partial charge in [0, 0.05) is 0 Å². The number of rotatable bonds is 4. The normalized spacial score (nSPS) is 12.0. The van der Waals surface area contributed by atoms with Gasteiger partial charge in [-0.05, 0) is 36.7 Å². The standard InChI is InChI=1S/2C7H9N3OS.ClH.O.V/c2*1-5(9-10-7(8)11)6-3-2-4-12-6;;;/h2*2-4H,1H3,(H3,8,10,11);1H;;/b2*9-5-;;;. The molecule has 0 amide bonds. The molecule has 0 atom stereocenters. The Hall–Kier alpha value is -2.05. The molecule has 2 heterocycles. The first-order chi connectivity index (χ1) is 12.4. The van der Waals surface area contributed by atoms with E-state index in [-0.39, 0.29) is 12.4 Å². The Morgan fingerprint density at radius 3 is 1.41 bits per heavy atom. The molecule has 2 aromatic rings. The monoisotopic (exact) mass is 469 g/mol.